The lowest BCUT2D eigenvalue weighted by Gasteiger charge is -2.33. The summed E-state index contributed by atoms with van der Waals surface area (Å²) in [6.45, 7) is 1.46. The van der Waals surface area contributed by atoms with Crippen LogP contribution < -0.4 is 10.2 Å². The third kappa shape index (κ3) is 3.55. The number of anilines is 1. The number of nitrogens with zero attached hydrogens (tertiary/aromatic N) is 3. The minimum Gasteiger partial charge on any atom is -0.355 e. The summed E-state index contributed by atoms with van der Waals surface area (Å²) >= 11 is 0. The van der Waals surface area contributed by atoms with Crippen molar-refractivity contribution in [2.24, 2.45) is 5.92 Å². The van der Waals surface area contributed by atoms with Crippen molar-refractivity contribution in [3.05, 3.63) is 18.6 Å². The predicted octanol–water partition coefficient (Wildman–Crippen LogP) is -0.00370. The molecule has 2 unspecified atom stereocenters. The molecular formula is C14H20N4O3S. The highest BCUT2D eigenvalue weighted by Gasteiger charge is 2.32. The van der Waals surface area contributed by atoms with Gasteiger partial charge in [-0.25, -0.2) is 13.4 Å². The largest absolute Gasteiger partial charge is 0.355 e. The van der Waals surface area contributed by atoms with Gasteiger partial charge in [0.2, 0.25) is 5.91 Å². The molecule has 1 amide bonds. The molecule has 0 aliphatic carbocycles. The molecule has 7 nitrogen and oxygen atoms in total. The smallest absolute Gasteiger partial charge is 0.225 e. The molecule has 2 atom stereocenters. The Morgan fingerprint density at radius 2 is 2.18 bits per heavy atom. The van der Waals surface area contributed by atoms with Gasteiger partial charge >= 0.3 is 0 Å². The van der Waals surface area contributed by atoms with Crippen LogP contribution in [0.1, 0.15) is 19.3 Å². The molecule has 0 spiro atoms. The van der Waals surface area contributed by atoms with Crippen molar-refractivity contribution in [1.82, 2.24) is 15.3 Å². The Morgan fingerprint density at radius 3 is 2.86 bits per heavy atom. The quantitative estimate of drug-likeness (QED) is 0.841. The fourth-order valence-electron chi connectivity index (χ4n) is 3.08. The number of carbonyl (C=O) groups is 1. The van der Waals surface area contributed by atoms with Crippen LogP contribution in [0.25, 0.3) is 0 Å². The minimum absolute atomic E-state index is 0.0457. The molecule has 1 N–H and O–H groups in total. The lowest BCUT2D eigenvalue weighted by atomic mass is 9.96. The van der Waals surface area contributed by atoms with E-state index >= 15 is 0 Å². The fraction of sp³-hybridized carbons (Fsp3) is 0.643. The fourth-order valence-corrected chi connectivity index (χ4v) is 4.75. The number of carbonyl (C=O) groups excluding carboxylic acids is 1. The Kier molecular flexibility index (Phi) is 4.28. The highest BCUT2D eigenvalue weighted by atomic mass is 32.2. The number of hydrogen-bond acceptors (Lipinski definition) is 6. The van der Waals surface area contributed by atoms with Gasteiger partial charge in [0.05, 0.1) is 23.6 Å². The lowest BCUT2D eigenvalue weighted by molar-refractivity contribution is -0.125. The average Bonchev–Trinajstić information content (AvgIpc) is 2.87. The first-order valence-electron chi connectivity index (χ1n) is 7.55. The molecule has 8 heteroatoms. The Hall–Kier alpha value is -1.70. The van der Waals surface area contributed by atoms with Crippen LogP contribution >= 0.6 is 0 Å². The van der Waals surface area contributed by atoms with Crippen molar-refractivity contribution in [3.63, 3.8) is 0 Å². The summed E-state index contributed by atoms with van der Waals surface area (Å²) < 4.78 is 22.9. The van der Waals surface area contributed by atoms with Crippen LogP contribution in [-0.4, -0.2) is 54.9 Å². The average molecular weight is 324 g/mol. The number of nitrogens with one attached hydrogen (secondary N) is 1. The number of rotatable bonds is 3. The van der Waals surface area contributed by atoms with Gasteiger partial charge in [-0.2, -0.15) is 0 Å². The maximum atomic E-state index is 12.4. The topological polar surface area (TPSA) is 92.3 Å². The van der Waals surface area contributed by atoms with Gasteiger partial charge in [-0.1, -0.05) is 0 Å². The Bertz CT molecular complexity index is 635. The van der Waals surface area contributed by atoms with E-state index in [2.05, 4.69) is 20.2 Å². The summed E-state index contributed by atoms with van der Waals surface area (Å²) in [6, 6.07) is -0.232. The summed E-state index contributed by atoms with van der Waals surface area (Å²) in [4.78, 5) is 22.8. The molecule has 2 fully saturated rings. The molecule has 0 radical (unpaired) electrons. The van der Waals surface area contributed by atoms with Gasteiger partial charge < -0.3 is 10.2 Å². The van der Waals surface area contributed by atoms with E-state index in [0.717, 1.165) is 25.2 Å². The van der Waals surface area contributed by atoms with Crippen LogP contribution in [0, 0.1) is 5.92 Å². The van der Waals surface area contributed by atoms with E-state index in [4.69, 9.17) is 0 Å². The molecule has 1 aromatic rings. The summed E-state index contributed by atoms with van der Waals surface area (Å²) in [7, 11) is -2.97. The van der Waals surface area contributed by atoms with Crippen LogP contribution in [0.4, 0.5) is 5.82 Å². The molecular weight excluding hydrogens is 304 g/mol. The van der Waals surface area contributed by atoms with E-state index in [0.29, 0.717) is 13.0 Å². The van der Waals surface area contributed by atoms with Gasteiger partial charge in [0.1, 0.15) is 5.82 Å². The van der Waals surface area contributed by atoms with Crippen LogP contribution in [0.2, 0.25) is 0 Å². The Labute approximate surface area is 130 Å². The third-order valence-corrected chi connectivity index (χ3v) is 6.01. The monoisotopic (exact) mass is 324 g/mol. The van der Waals surface area contributed by atoms with Gasteiger partial charge in [0, 0.05) is 31.5 Å². The van der Waals surface area contributed by atoms with Crippen molar-refractivity contribution < 1.29 is 13.2 Å². The lowest BCUT2D eigenvalue weighted by Crippen LogP contribution is -2.46. The maximum absolute atomic E-state index is 12.4. The molecule has 120 valence electrons. The SMILES string of the molecule is O=C(NC1CCS(=O)(=O)C1)C1CCCN(c2cnccn2)C1. The molecule has 0 saturated carbocycles. The maximum Gasteiger partial charge on any atom is 0.225 e. The minimum atomic E-state index is -2.97. The van der Waals surface area contributed by atoms with E-state index in [9.17, 15) is 13.2 Å². The molecule has 2 aliphatic heterocycles. The summed E-state index contributed by atoms with van der Waals surface area (Å²) in [5.41, 5.74) is 0. The molecule has 1 aromatic heterocycles. The van der Waals surface area contributed by atoms with E-state index in [1.807, 2.05) is 0 Å². The van der Waals surface area contributed by atoms with Crippen LogP contribution in [0.3, 0.4) is 0 Å². The third-order valence-electron chi connectivity index (χ3n) is 4.24. The van der Waals surface area contributed by atoms with Gasteiger partial charge in [-0.05, 0) is 19.3 Å². The Morgan fingerprint density at radius 1 is 1.32 bits per heavy atom. The predicted molar refractivity (Wildman–Crippen MR) is 82.2 cm³/mol. The molecule has 3 rings (SSSR count). The highest BCUT2D eigenvalue weighted by Crippen LogP contribution is 2.21. The highest BCUT2D eigenvalue weighted by molar-refractivity contribution is 7.91. The molecule has 0 aromatic carbocycles. The summed E-state index contributed by atoms with van der Waals surface area (Å²) in [5.74, 6) is 0.853. The first kappa shape index (κ1) is 15.2. The van der Waals surface area contributed by atoms with Gasteiger partial charge in [0.15, 0.2) is 9.84 Å². The van der Waals surface area contributed by atoms with E-state index in [1.54, 1.807) is 18.6 Å². The zero-order valence-corrected chi connectivity index (χ0v) is 13.1. The molecule has 0 bridgehead atoms. The number of hydrogen-bond donors (Lipinski definition) is 1. The van der Waals surface area contributed by atoms with Gasteiger partial charge in [-0.3, -0.25) is 9.78 Å². The van der Waals surface area contributed by atoms with Crippen molar-refractivity contribution >= 4 is 21.6 Å². The summed E-state index contributed by atoms with van der Waals surface area (Å²) in [5, 5.41) is 2.90. The van der Waals surface area contributed by atoms with E-state index < -0.39 is 9.84 Å². The summed E-state index contributed by atoms with van der Waals surface area (Å²) in [6.07, 6.45) is 7.22. The van der Waals surface area contributed by atoms with Crippen molar-refractivity contribution in [1.29, 1.82) is 0 Å². The number of aromatic nitrogens is 2. The molecule has 22 heavy (non-hydrogen) atoms. The first-order valence-corrected chi connectivity index (χ1v) is 9.37. The first-order chi connectivity index (χ1) is 10.5. The van der Waals surface area contributed by atoms with Crippen LogP contribution in [0.15, 0.2) is 18.6 Å². The molecule has 3 heterocycles. The van der Waals surface area contributed by atoms with Crippen molar-refractivity contribution in [2.75, 3.05) is 29.5 Å². The van der Waals surface area contributed by atoms with Crippen molar-refractivity contribution in [2.45, 2.75) is 25.3 Å². The number of sulfone groups is 1. The van der Waals surface area contributed by atoms with Crippen molar-refractivity contribution in [3.8, 4) is 0 Å². The molecule has 2 aliphatic rings. The van der Waals surface area contributed by atoms with E-state index in [1.165, 1.54) is 0 Å². The van der Waals surface area contributed by atoms with Crippen LogP contribution in [-0.2, 0) is 14.6 Å². The van der Waals surface area contributed by atoms with E-state index in [-0.39, 0.29) is 29.4 Å². The van der Waals surface area contributed by atoms with Gasteiger partial charge in [0.25, 0.3) is 0 Å². The number of amides is 1. The standard InChI is InChI=1S/C14H20N4O3S/c19-14(17-12-3-7-22(20,21)10-12)11-2-1-6-18(9-11)13-8-15-4-5-16-13/h4-5,8,11-12H,1-3,6-7,9-10H2,(H,17,19). The Balaban J connectivity index is 1.59. The van der Waals surface area contributed by atoms with Gasteiger partial charge in [-0.15, -0.1) is 0 Å². The normalized spacial score (nSPS) is 27.5. The number of piperidine rings is 1. The second kappa shape index (κ2) is 6.20. The second-order valence-electron chi connectivity index (χ2n) is 5.96. The zero-order chi connectivity index (χ0) is 15.6. The second-order valence-corrected chi connectivity index (χ2v) is 8.19. The zero-order valence-electron chi connectivity index (χ0n) is 12.3. The van der Waals surface area contributed by atoms with Crippen LogP contribution in [0.5, 0.6) is 0 Å². The molecule has 2 saturated heterocycles.